The molecule has 0 saturated carbocycles. The smallest absolute Gasteiger partial charge is 0.0130 e. The van der Waals surface area contributed by atoms with E-state index in [2.05, 4.69) is 85.0 Å². The fourth-order valence-electron chi connectivity index (χ4n) is 1.95. The Kier molecular flexibility index (Phi) is 4.21. The third-order valence-corrected chi connectivity index (χ3v) is 3.49. The molecular formula is C16H17I. The van der Waals surface area contributed by atoms with Crippen LogP contribution in [0.3, 0.4) is 0 Å². The average molecular weight is 336 g/mol. The molecule has 17 heavy (non-hydrogen) atoms. The van der Waals surface area contributed by atoms with Crippen LogP contribution in [0.5, 0.6) is 0 Å². The maximum absolute atomic E-state index is 2.33. The lowest BCUT2D eigenvalue weighted by molar-refractivity contribution is 0.647. The summed E-state index contributed by atoms with van der Waals surface area (Å²) in [5.74, 6) is 0.721. The minimum absolute atomic E-state index is 0.721. The molecule has 0 amide bonds. The van der Waals surface area contributed by atoms with Crippen LogP contribution in [0.2, 0.25) is 0 Å². The van der Waals surface area contributed by atoms with Gasteiger partial charge >= 0.3 is 0 Å². The molecule has 0 aliphatic carbocycles. The molecule has 0 aliphatic heterocycles. The third kappa shape index (κ3) is 3.56. The number of halogens is 1. The Morgan fingerprint density at radius 1 is 0.824 bits per heavy atom. The first-order chi connectivity index (χ1) is 8.15. The molecule has 0 saturated heterocycles. The molecule has 0 radical (unpaired) electrons. The van der Waals surface area contributed by atoms with E-state index in [9.17, 15) is 0 Å². The lowest BCUT2D eigenvalue weighted by Gasteiger charge is -2.06. The summed E-state index contributed by atoms with van der Waals surface area (Å²) in [6.45, 7) is 4.51. The van der Waals surface area contributed by atoms with E-state index in [1.165, 1.54) is 20.3 Å². The van der Waals surface area contributed by atoms with Crippen molar-refractivity contribution in [1.82, 2.24) is 0 Å². The van der Waals surface area contributed by atoms with Gasteiger partial charge in [0.2, 0.25) is 0 Å². The van der Waals surface area contributed by atoms with E-state index in [0.29, 0.717) is 0 Å². The van der Waals surface area contributed by atoms with Gasteiger partial charge in [0.15, 0.2) is 0 Å². The summed E-state index contributed by atoms with van der Waals surface area (Å²) in [5.41, 5.74) is 4.02. The Morgan fingerprint density at radius 2 is 1.29 bits per heavy atom. The zero-order valence-electron chi connectivity index (χ0n) is 10.3. The van der Waals surface area contributed by atoms with Crippen molar-refractivity contribution in [2.45, 2.75) is 20.3 Å². The fraction of sp³-hybridized carbons (Fsp3) is 0.250. The zero-order chi connectivity index (χ0) is 12.3. The summed E-state index contributed by atoms with van der Waals surface area (Å²) in [6.07, 6.45) is 1.16. The number of hydrogen-bond acceptors (Lipinski definition) is 0. The summed E-state index contributed by atoms with van der Waals surface area (Å²) in [5, 5.41) is 0. The van der Waals surface area contributed by atoms with Crippen molar-refractivity contribution in [1.29, 1.82) is 0 Å². The molecule has 0 aliphatic rings. The van der Waals surface area contributed by atoms with Crippen molar-refractivity contribution < 1.29 is 0 Å². The van der Waals surface area contributed by atoms with E-state index in [1.54, 1.807) is 0 Å². The second kappa shape index (κ2) is 5.67. The van der Waals surface area contributed by atoms with E-state index in [-0.39, 0.29) is 0 Å². The molecule has 0 spiro atoms. The van der Waals surface area contributed by atoms with Crippen LogP contribution in [0.25, 0.3) is 11.1 Å². The maximum Gasteiger partial charge on any atom is 0.0130 e. The van der Waals surface area contributed by atoms with E-state index >= 15 is 0 Å². The van der Waals surface area contributed by atoms with E-state index in [0.717, 1.165) is 12.3 Å². The predicted octanol–water partition coefficient (Wildman–Crippen LogP) is 5.16. The summed E-state index contributed by atoms with van der Waals surface area (Å²) in [7, 11) is 0. The van der Waals surface area contributed by atoms with Gasteiger partial charge in [0, 0.05) is 3.57 Å². The first-order valence-corrected chi connectivity index (χ1v) is 7.08. The molecule has 88 valence electrons. The maximum atomic E-state index is 2.33. The summed E-state index contributed by atoms with van der Waals surface area (Å²) in [4.78, 5) is 0. The second-order valence-corrected chi connectivity index (χ2v) is 6.05. The summed E-state index contributed by atoms with van der Waals surface area (Å²) in [6, 6.07) is 17.6. The molecule has 0 nitrogen and oxygen atoms in total. The molecule has 1 heteroatoms. The Morgan fingerprint density at radius 3 is 1.76 bits per heavy atom. The standard InChI is InChI=1S/C16H17I/c1-12(2)11-13-3-5-14(6-4-13)15-7-9-16(17)10-8-15/h3-10,12H,11H2,1-2H3. The predicted molar refractivity (Wildman–Crippen MR) is 83.1 cm³/mol. The SMILES string of the molecule is CC(C)Cc1ccc(-c2ccc(I)cc2)cc1. The largest absolute Gasteiger partial charge is 0.0625 e. The quantitative estimate of drug-likeness (QED) is 0.680. The topological polar surface area (TPSA) is 0 Å². The van der Waals surface area contributed by atoms with Crippen LogP contribution in [0, 0.1) is 9.49 Å². The van der Waals surface area contributed by atoms with Crippen LogP contribution in [0.15, 0.2) is 48.5 Å². The van der Waals surface area contributed by atoms with Gasteiger partial charge in [0.1, 0.15) is 0 Å². The van der Waals surface area contributed by atoms with E-state index < -0.39 is 0 Å². The number of hydrogen-bond donors (Lipinski definition) is 0. The van der Waals surface area contributed by atoms with Crippen molar-refractivity contribution in [2.75, 3.05) is 0 Å². The van der Waals surface area contributed by atoms with Crippen LogP contribution < -0.4 is 0 Å². The molecule has 0 fully saturated rings. The lowest BCUT2D eigenvalue weighted by atomic mass is 9.99. The van der Waals surface area contributed by atoms with Crippen LogP contribution in [-0.2, 0) is 6.42 Å². The van der Waals surface area contributed by atoms with Gasteiger partial charge in [-0.3, -0.25) is 0 Å². The van der Waals surface area contributed by atoms with Crippen molar-refractivity contribution >= 4 is 22.6 Å². The molecule has 0 atom stereocenters. The van der Waals surface area contributed by atoms with Gasteiger partial charge in [-0.15, -0.1) is 0 Å². The lowest BCUT2D eigenvalue weighted by Crippen LogP contribution is -1.93. The van der Waals surface area contributed by atoms with E-state index in [1.807, 2.05) is 0 Å². The fourth-order valence-corrected chi connectivity index (χ4v) is 2.31. The van der Waals surface area contributed by atoms with Gasteiger partial charge in [-0.25, -0.2) is 0 Å². The van der Waals surface area contributed by atoms with Crippen LogP contribution >= 0.6 is 22.6 Å². The highest BCUT2D eigenvalue weighted by molar-refractivity contribution is 14.1. The first kappa shape index (κ1) is 12.6. The highest BCUT2D eigenvalue weighted by Gasteiger charge is 2.00. The van der Waals surface area contributed by atoms with Gasteiger partial charge in [0.25, 0.3) is 0 Å². The first-order valence-electron chi connectivity index (χ1n) is 6.00. The molecular weight excluding hydrogens is 319 g/mol. The Bertz CT molecular complexity index is 466. The Hall–Kier alpha value is -0.830. The normalized spacial score (nSPS) is 10.8. The van der Waals surface area contributed by atoms with E-state index in [4.69, 9.17) is 0 Å². The number of rotatable bonds is 3. The Labute approximate surface area is 117 Å². The van der Waals surface area contributed by atoms with Crippen molar-refractivity contribution in [3.8, 4) is 11.1 Å². The molecule has 0 N–H and O–H groups in total. The van der Waals surface area contributed by atoms with Crippen LogP contribution in [-0.4, -0.2) is 0 Å². The molecule has 2 rings (SSSR count). The molecule has 0 bridgehead atoms. The zero-order valence-corrected chi connectivity index (χ0v) is 12.4. The minimum Gasteiger partial charge on any atom is -0.0625 e. The molecule has 2 aromatic rings. The number of benzene rings is 2. The summed E-state index contributed by atoms with van der Waals surface area (Å²) >= 11 is 2.33. The second-order valence-electron chi connectivity index (χ2n) is 4.80. The van der Waals surface area contributed by atoms with Crippen molar-refractivity contribution in [3.05, 3.63) is 57.7 Å². The van der Waals surface area contributed by atoms with Crippen molar-refractivity contribution in [2.24, 2.45) is 5.92 Å². The van der Waals surface area contributed by atoms with Gasteiger partial charge < -0.3 is 0 Å². The van der Waals surface area contributed by atoms with Gasteiger partial charge in [-0.05, 0) is 63.8 Å². The third-order valence-electron chi connectivity index (χ3n) is 2.78. The minimum atomic E-state index is 0.721. The van der Waals surface area contributed by atoms with Crippen LogP contribution in [0.1, 0.15) is 19.4 Å². The molecule has 2 aromatic carbocycles. The Balaban J connectivity index is 2.20. The molecule has 0 aromatic heterocycles. The van der Waals surface area contributed by atoms with Gasteiger partial charge in [-0.1, -0.05) is 50.2 Å². The molecule has 0 heterocycles. The highest BCUT2D eigenvalue weighted by atomic mass is 127. The van der Waals surface area contributed by atoms with Crippen molar-refractivity contribution in [3.63, 3.8) is 0 Å². The average Bonchev–Trinajstić information content (AvgIpc) is 2.30. The van der Waals surface area contributed by atoms with Gasteiger partial charge in [-0.2, -0.15) is 0 Å². The van der Waals surface area contributed by atoms with Crippen LogP contribution in [0.4, 0.5) is 0 Å². The highest BCUT2D eigenvalue weighted by Crippen LogP contribution is 2.21. The van der Waals surface area contributed by atoms with Gasteiger partial charge in [0.05, 0.1) is 0 Å². The summed E-state index contributed by atoms with van der Waals surface area (Å²) < 4.78 is 1.28. The molecule has 0 unspecified atom stereocenters. The monoisotopic (exact) mass is 336 g/mol.